The van der Waals surface area contributed by atoms with Gasteiger partial charge in [0.25, 0.3) is 0 Å². The van der Waals surface area contributed by atoms with Gasteiger partial charge in [-0.05, 0) is 41.6 Å². The van der Waals surface area contributed by atoms with E-state index in [1.54, 1.807) is 7.11 Å². The van der Waals surface area contributed by atoms with Gasteiger partial charge in [0.05, 0.1) is 28.5 Å². The lowest BCUT2D eigenvalue weighted by atomic mass is 9.82. The standard InChI is InChI=1S/C14H24BrN3O/c1-3-18-13(11(15)9-17-18)12(16)14(19-2)10-7-5-4-6-8-10/h9-10,12,14H,3-8,16H2,1-2H3. The van der Waals surface area contributed by atoms with Crippen LogP contribution in [0.3, 0.4) is 0 Å². The Bertz CT molecular complexity index is 401. The van der Waals surface area contributed by atoms with Crippen molar-refractivity contribution in [2.24, 2.45) is 11.7 Å². The van der Waals surface area contributed by atoms with E-state index in [0.717, 1.165) is 16.7 Å². The summed E-state index contributed by atoms with van der Waals surface area (Å²) < 4.78 is 8.69. The number of nitrogens with zero attached hydrogens (tertiary/aromatic N) is 2. The highest BCUT2D eigenvalue weighted by Gasteiger charge is 2.32. The van der Waals surface area contributed by atoms with Crippen LogP contribution in [0.4, 0.5) is 0 Å². The topological polar surface area (TPSA) is 53.1 Å². The summed E-state index contributed by atoms with van der Waals surface area (Å²) in [5, 5.41) is 4.35. The molecule has 1 fully saturated rings. The fraction of sp³-hybridized carbons (Fsp3) is 0.786. The second-order valence-electron chi connectivity index (χ2n) is 5.32. The van der Waals surface area contributed by atoms with E-state index in [-0.39, 0.29) is 12.1 Å². The van der Waals surface area contributed by atoms with E-state index in [0.29, 0.717) is 5.92 Å². The molecule has 108 valence electrons. The third-order valence-corrected chi connectivity index (χ3v) is 4.80. The zero-order valence-corrected chi connectivity index (χ0v) is 13.4. The second kappa shape index (κ2) is 6.86. The van der Waals surface area contributed by atoms with Gasteiger partial charge < -0.3 is 10.5 Å². The molecule has 1 aliphatic carbocycles. The highest BCUT2D eigenvalue weighted by atomic mass is 79.9. The van der Waals surface area contributed by atoms with Gasteiger partial charge in [0.2, 0.25) is 0 Å². The minimum atomic E-state index is -0.120. The summed E-state index contributed by atoms with van der Waals surface area (Å²) in [5.41, 5.74) is 7.54. The summed E-state index contributed by atoms with van der Waals surface area (Å²) in [6, 6.07) is -0.120. The van der Waals surface area contributed by atoms with E-state index in [1.165, 1.54) is 32.1 Å². The first-order valence-corrected chi connectivity index (χ1v) is 7.97. The molecule has 1 aromatic rings. The first kappa shape index (κ1) is 15.0. The molecule has 2 unspecified atom stereocenters. The maximum atomic E-state index is 6.49. The Hall–Kier alpha value is -0.390. The smallest absolute Gasteiger partial charge is 0.0807 e. The zero-order valence-electron chi connectivity index (χ0n) is 11.8. The van der Waals surface area contributed by atoms with Crippen LogP contribution in [0.1, 0.15) is 50.8 Å². The maximum Gasteiger partial charge on any atom is 0.0807 e. The van der Waals surface area contributed by atoms with Crippen LogP contribution in [0.5, 0.6) is 0 Å². The average molecular weight is 330 g/mol. The molecule has 1 heterocycles. The number of aromatic nitrogens is 2. The molecular formula is C14H24BrN3O. The van der Waals surface area contributed by atoms with Crippen LogP contribution in [-0.4, -0.2) is 23.0 Å². The minimum Gasteiger partial charge on any atom is -0.379 e. The number of nitrogens with two attached hydrogens (primary N) is 1. The van der Waals surface area contributed by atoms with Gasteiger partial charge >= 0.3 is 0 Å². The highest BCUT2D eigenvalue weighted by molar-refractivity contribution is 9.10. The predicted molar refractivity (Wildman–Crippen MR) is 79.9 cm³/mol. The van der Waals surface area contributed by atoms with Crippen LogP contribution in [0.25, 0.3) is 0 Å². The Morgan fingerprint density at radius 1 is 1.47 bits per heavy atom. The van der Waals surface area contributed by atoms with Crippen molar-refractivity contribution >= 4 is 15.9 Å². The summed E-state index contributed by atoms with van der Waals surface area (Å²) in [7, 11) is 1.78. The van der Waals surface area contributed by atoms with Crippen molar-refractivity contribution < 1.29 is 4.74 Å². The lowest BCUT2D eigenvalue weighted by Crippen LogP contribution is -2.37. The molecule has 0 aromatic carbocycles. The van der Waals surface area contributed by atoms with Gasteiger partial charge in [-0.25, -0.2) is 0 Å². The molecule has 0 radical (unpaired) electrons. The molecule has 2 atom stereocenters. The second-order valence-corrected chi connectivity index (χ2v) is 6.17. The number of methoxy groups -OCH3 is 1. The number of hydrogen-bond acceptors (Lipinski definition) is 3. The van der Waals surface area contributed by atoms with Crippen molar-refractivity contribution in [2.45, 2.75) is 57.7 Å². The summed E-state index contributed by atoms with van der Waals surface area (Å²) in [6.45, 7) is 2.91. The Morgan fingerprint density at radius 2 is 2.16 bits per heavy atom. The summed E-state index contributed by atoms with van der Waals surface area (Å²) in [6.07, 6.45) is 8.30. The van der Waals surface area contributed by atoms with Crippen molar-refractivity contribution in [3.05, 3.63) is 16.4 Å². The highest BCUT2D eigenvalue weighted by Crippen LogP contribution is 2.35. The predicted octanol–water partition coefficient (Wildman–Crippen LogP) is 3.26. The van der Waals surface area contributed by atoms with E-state index in [2.05, 4.69) is 28.0 Å². The largest absolute Gasteiger partial charge is 0.379 e. The quantitative estimate of drug-likeness (QED) is 0.901. The summed E-state index contributed by atoms with van der Waals surface area (Å²) in [4.78, 5) is 0. The molecule has 0 spiro atoms. The fourth-order valence-electron chi connectivity index (χ4n) is 3.21. The van der Waals surface area contributed by atoms with Gasteiger partial charge in [-0.15, -0.1) is 0 Å². The van der Waals surface area contributed by atoms with Crippen LogP contribution in [-0.2, 0) is 11.3 Å². The molecule has 0 aliphatic heterocycles. The molecule has 0 bridgehead atoms. The number of aryl methyl sites for hydroxylation is 1. The first-order valence-electron chi connectivity index (χ1n) is 7.18. The van der Waals surface area contributed by atoms with Crippen molar-refractivity contribution in [1.82, 2.24) is 9.78 Å². The van der Waals surface area contributed by atoms with E-state index < -0.39 is 0 Å². The lowest BCUT2D eigenvalue weighted by Gasteiger charge is -2.33. The molecule has 0 amide bonds. The Balaban J connectivity index is 2.19. The van der Waals surface area contributed by atoms with Crippen molar-refractivity contribution in [1.29, 1.82) is 0 Å². The van der Waals surface area contributed by atoms with E-state index in [4.69, 9.17) is 10.5 Å². The van der Waals surface area contributed by atoms with Crippen LogP contribution in [0.15, 0.2) is 10.7 Å². The van der Waals surface area contributed by atoms with Crippen LogP contribution >= 0.6 is 15.9 Å². The fourth-order valence-corrected chi connectivity index (χ4v) is 3.77. The molecule has 1 aliphatic rings. The molecule has 1 aromatic heterocycles. The summed E-state index contributed by atoms with van der Waals surface area (Å²) >= 11 is 3.56. The molecule has 1 saturated carbocycles. The van der Waals surface area contributed by atoms with Crippen LogP contribution < -0.4 is 5.73 Å². The Labute approximate surface area is 123 Å². The molecular weight excluding hydrogens is 306 g/mol. The number of rotatable bonds is 5. The number of ether oxygens (including phenoxy) is 1. The molecule has 2 N–H and O–H groups in total. The van der Waals surface area contributed by atoms with Crippen molar-refractivity contribution in [3.63, 3.8) is 0 Å². The van der Waals surface area contributed by atoms with Crippen molar-refractivity contribution in [2.75, 3.05) is 7.11 Å². The normalized spacial score (nSPS) is 20.4. The maximum absolute atomic E-state index is 6.49. The van der Waals surface area contributed by atoms with Gasteiger partial charge in [0, 0.05) is 13.7 Å². The Kier molecular flexibility index (Phi) is 5.42. The van der Waals surface area contributed by atoms with E-state index in [9.17, 15) is 0 Å². The van der Waals surface area contributed by atoms with Crippen LogP contribution in [0, 0.1) is 5.92 Å². The van der Waals surface area contributed by atoms with Gasteiger partial charge in [-0.1, -0.05) is 19.3 Å². The zero-order chi connectivity index (χ0) is 13.8. The monoisotopic (exact) mass is 329 g/mol. The van der Waals surface area contributed by atoms with Gasteiger partial charge in [0.1, 0.15) is 0 Å². The minimum absolute atomic E-state index is 0.0820. The number of halogens is 1. The first-order chi connectivity index (χ1) is 9.19. The average Bonchev–Trinajstić information content (AvgIpc) is 2.81. The molecule has 4 nitrogen and oxygen atoms in total. The van der Waals surface area contributed by atoms with Crippen molar-refractivity contribution in [3.8, 4) is 0 Å². The third-order valence-electron chi connectivity index (χ3n) is 4.19. The molecule has 2 rings (SSSR count). The third kappa shape index (κ3) is 3.20. The van der Waals surface area contributed by atoms with Crippen LogP contribution in [0.2, 0.25) is 0 Å². The SMILES string of the molecule is CCn1ncc(Br)c1C(N)C(OC)C1CCCCC1. The molecule has 0 saturated heterocycles. The van der Waals surface area contributed by atoms with E-state index in [1.807, 2.05) is 10.9 Å². The Morgan fingerprint density at radius 3 is 2.74 bits per heavy atom. The van der Waals surface area contributed by atoms with E-state index >= 15 is 0 Å². The van der Waals surface area contributed by atoms with Gasteiger partial charge in [-0.2, -0.15) is 5.10 Å². The van der Waals surface area contributed by atoms with Gasteiger partial charge in [0.15, 0.2) is 0 Å². The molecule has 5 heteroatoms. The van der Waals surface area contributed by atoms with Gasteiger partial charge in [-0.3, -0.25) is 4.68 Å². The molecule has 19 heavy (non-hydrogen) atoms. The lowest BCUT2D eigenvalue weighted by molar-refractivity contribution is 0.0152. The summed E-state index contributed by atoms with van der Waals surface area (Å²) in [5.74, 6) is 0.570. The number of hydrogen-bond donors (Lipinski definition) is 1.